The van der Waals surface area contributed by atoms with Crippen LogP contribution < -0.4 is 5.32 Å². The minimum atomic E-state index is -1.88. The number of hydrogen-bond acceptors (Lipinski definition) is 3. The highest BCUT2D eigenvalue weighted by molar-refractivity contribution is 9.10. The molecule has 0 fully saturated rings. The molecule has 4 nitrogen and oxygen atoms in total. The number of anilines is 1. The molecule has 21 heavy (non-hydrogen) atoms. The van der Waals surface area contributed by atoms with E-state index in [1.54, 1.807) is 30.3 Å². The van der Waals surface area contributed by atoms with Gasteiger partial charge in [0.1, 0.15) is 5.75 Å². The van der Waals surface area contributed by atoms with Gasteiger partial charge in [-0.3, -0.25) is 4.79 Å². The Morgan fingerprint density at radius 3 is 2.48 bits per heavy atom. The molecular formula is C16H14BrNO3. The summed E-state index contributed by atoms with van der Waals surface area (Å²) in [4.78, 5) is 12.3. The van der Waals surface area contributed by atoms with Crippen molar-refractivity contribution in [2.24, 2.45) is 0 Å². The summed E-state index contributed by atoms with van der Waals surface area (Å²) in [5, 5.41) is 23.8. The van der Waals surface area contributed by atoms with Crippen molar-refractivity contribution < 1.29 is 15.0 Å². The monoisotopic (exact) mass is 347 g/mol. The number of phenols is 1. The van der Waals surface area contributed by atoms with Gasteiger partial charge in [-0.2, -0.15) is 0 Å². The lowest BCUT2D eigenvalue weighted by molar-refractivity contribution is -0.129. The Bertz CT molecular complexity index is 772. The molecule has 0 spiro atoms. The average molecular weight is 348 g/mol. The fourth-order valence-electron chi connectivity index (χ4n) is 2.63. The largest absolute Gasteiger partial charge is 0.508 e. The van der Waals surface area contributed by atoms with E-state index in [2.05, 4.69) is 21.2 Å². The molecule has 1 heterocycles. The van der Waals surface area contributed by atoms with Gasteiger partial charge in [-0.05, 0) is 49.2 Å². The Labute approximate surface area is 130 Å². The van der Waals surface area contributed by atoms with Gasteiger partial charge in [-0.1, -0.05) is 22.0 Å². The van der Waals surface area contributed by atoms with Gasteiger partial charge in [-0.25, -0.2) is 0 Å². The summed E-state index contributed by atoms with van der Waals surface area (Å²) in [7, 11) is 0. The molecule has 1 amide bonds. The van der Waals surface area contributed by atoms with Gasteiger partial charge in [0, 0.05) is 21.3 Å². The second kappa shape index (κ2) is 4.58. The molecule has 3 rings (SSSR count). The zero-order valence-electron chi connectivity index (χ0n) is 11.6. The number of rotatable bonds is 1. The van der Waals surface area contributed by atoms with Crippen molar-refractivity contribution in [3.63, 3.8) is 0 Å². The molecule has 3 N–H and O–H groups in total. The first-order chi connectivity index (χ1) is 9.84. The predicted octanol–water partition coefficient (Wildman–Crippen LogP) is 2.96. The van der Waals surface area contributed by atoms with Crippen molar-refractivity contribution in [2.75, 3.05) is 5.32 Å². The molecule has 2 aromatic carbocycles. The van der Waals surface area contributed by atoms with Crippen molar-refractivity contribution in [2.45, 2.75) is 19.4 Å². The van der Waals surface area contributed by atoms with Gasteiger partial charge >= 0.3 is 0 Å². The molecule has 0 radical (unpaired) electrons. The number of hydrogen-bond donors (Lipinski definition) is 3. The smallest absolute Gasteiger partial charge is 0.266 e. The zero-order chi connectivity index (χ0) is 15.4. The molecule has 1 aliphatic rings. The summed E-state index contributed by atoms with van der Waals surface area (Å²) in [6.07, 6.45) is 0. The number of fused-ring (bicyclic) bond motifs is 1. The number of aliphatic hydroxyl groups is 1. The molecule has 0 saturated carbocycles. The van der Waals surface area contributed by atoms with Gasteiger partial charge < -0.3 is 15.5 Å². The molecule has 0 saturated heterocycles. The van der Waals surface area contributed by atoms with Crippen LogP contribution >= 0.6 is 15.9 Å². The van der Waals surface area contributed by atoms with Gasteiger partial charge in [-0.15, -0.1) is 0 Å². The third kappa shape index (κ3) is 1.96. The minimum Gasteiger partial charge on any atom is -0.508 e. The van der Waals surface area contributed by atoms with E-state index in [4.69, 9.17) is 0 Å². The molecule has 108 valence electrons. The quantitative estimate of drug-likeness (QED) is 0.742. The molecule has 5 heteroatoms. The second-order valence-electron chi connectivity index (χ2n) is 5.31. The molecule has 0 aliphatic carbocycles. The van der Waals surface area contributed by atoms with E-state index in [9.17, 15) is 15.0 Å². The number of carbonyl (C=O) groups excluding carboxylic acids is 1. The first-order valence-corrected chi connectivity index (χ1v) is 7.28. The number of phenolic OH excluding ortho intramolecular Hbond substituents is 1. The van der Waals surface area contributed by atoms with Crippen LogP contribution in [0.4, 0.5) is 5.69 Å². The number of halogens is 1. The average Bonchev–Trinajstić information content (AvgIpc) is 2.66. The Hall–Kier alpha value is -1.85. The highest BCUT2D eigenvalue weighted by Crippen LogP contribution is 2.45. The Morgan fingerprint density at radius 1 is 1.10 bits per heavy atom. The third-order valence-corrected chi connectivity index (χ3v) is 4.44. The number of carbonyl (C=O) groups is 1. The van der Waals surface area contributed by atoms with E-state index in [-0.39, 0.29) is 11.3 Å². The van der Waals surface area contributed by atoms with E-state index < -0.39 is 11.5 Å². The fourth-order valence-corrected chi connectivity index (χ4v) is 2.99. The number of benzene rings is 2. The van der Waals surface area contributed by atoms with Crippen LogP contribution in [0.3, 0.4) is 0 Å². The van der Waals surface area contributed by atoms with Crippen LogP contribution in [0.25, 0.3) is 0 Å². The Kier molecular flexibility index (Phi) is 3.07. The number of aromatic hydroxyl groups is 1. The zero-order valence-corrected chi connectivity index (χ0v) is 13.2. The van der Waals surface area contributed by atoms with Gasteiger partial charge in [0.2, 0.25) is 0 Å². The summed E-state index contributed by atoms with van der Waals surface area (Å²) in [5.41, 5.74) is 1.09. The molecule has 1 unspecified atom stereocenters. The van der Waals surface area contributed by atoms with Gasteiger partial charge in [0.15, 0.2) is 5.60 Å². The molecule has 2 aromatic rings. The van der Waals surface area contributed by atoms with Crippen LogP contribution in [-0.4, -0.2) is 16.1 Å². The van der Waals surface area contributed by atoms with Crippen molar-refractivity contribution in [1.29, 1.82) is 0 Å². The van der Waals surface area contributed by atoms with Crippen molar-refractivity contribution >= 4 is 27.5 Å². The lowest BCUT2D eigenvalue weighted by Crippen LogP contribution is -2.35. The van der Waals surface area contributed by atoms with Crippen molar-refractivity contribution in [1.82, 2.24) is 0 Å². The Morgan fingerprint density at radius 2 is 1.76 bits per heavy atom. The molecule has 0 bridgehead atoms. The van der Waals surface area contributed by atoms with Crippen LogP contribution in [0.5, 0.6) is 5.75 Å². The lowest BCUT2D eigenvalue weighted by atomic mass is 9.85. The van der Waals surface area contributed by atoms with Crippen LogP contribution in [0, 0.1) is 13.8 Å². The first kappa shape index (κ1) is 14.1. The summed E-state index contributed by atoms with van der Waals surface area (Å²) in [6, 6.07) is 8.37. The van der Waals surface area contributed by atoms with E-state index in [0.29, 0.717) is 11.3 Å². The minimum absolute atomic E-state index is 0.0912. The molecule has 0 aromatic heterocycles. The summed E-state index contributed by atoms with van der Waals surface area (Å²) in [5.74, 6) is -0.652. The van der Waals surface area contributed by atoms with E-state index in [1.807, 2.05) is 13.8 Å². The van der Waals surface area contributed by atoms with Crippen LogP contribution in [0.2, 0.25) is 0 Å². The van der Waals surface area contributed by atoms with E-state index in [0.717, 1.165) is 15.6 Å². The maximum Gasteiger partial charge on any atom is 0.266 e. The number of aryl methyl sites for hydroxylation is 2. The lowest BCUT2D eigenvalue weighted by Gasteiger charge is -2.23. The number of nitrogens with one attached hydrogen (secondary N) is 1. The predicted molar refractivity (Wildman–Crippen MR) is 83.4 cm³/mol. The number of amides is 1. The van der Waals surface area contributed by atoms with E-state index in [1.165, 1.54) is 0 Å². The third-order valence-electron chi connectivity index (χ3n) is 3.95. The summed E-state index contributed by atoms with van der Waals surface area (Å²) >= 11 is 3.33. The highest BCUT2D eigenvalue weighted by atomic mass is 79.9. The topological polar surface area (TPSA) is 69.6 Å². The van der Waals surface area contributed by atoms with Crippen LogP contribution in [-0.2, 0) is 10.4 Å². The van der Waals surface area contributed by atoms with Crippen LogP contribution in [0.15, 0.2) is 34.8 Å². The molecular weight excluding hydrogens is 334 g/mol. The molecule has 1 atom stereocenters. The first-order valence-electron chi connectivity index (χ1n) is 6.48. The standard InChI is InChI=1S/C16H14BrNO3/c1-8-5-12(14(19)6-9(8)2)16(21)11-4-3-10(17)7-13(11)18-15(16)20/h3-7,19,21H,1-2H3,(H,18,20). The second-order valence-corrected chi connectivity index (χ2v) is 6.22. The van der Waals surface area contributed by atoms with Crippen molar-refractivity contribution in [3.05, 3.63) is 57.1 Å². The fraction of sp³-hybridized carbons (Fsp3) is 0.188. The SMILES string of the molecule is Cc1cc(O)c(C2(O)C(=O)Nc3cc(Br)ccc32)cc1C. The summed E-state index contributed by atoms with van der Waals surface area (Å²) < 4.78 is 0.801. The normalized spacial score (nSPS) is 20.3. The van der Waals surface area contributed by atoms with E-state index >= 15 is 0 Å². The Balaban J connectivity index is 2.27. The molecule has 1 aliphatic heterocycles. The highest BCUT2D eigenvalue weighted by Gasteiger charge is 2.48. The summed E-state index contributed by atoms with van der Waals surface area (Å²) in [6.45, 7) is 3.74. The van der Waals surface area contributed by atoms with Crippen LogP contribution in [0.1, 0.15) is 22.3 Å². The maximum atomic E-state index is 12.3. The van der Waals surface area contributed by atoms with Gasteiger partial charge in [0.05, 0.1) is 0 Å². The van der Waals surface area contributed by atoms with Gasteiger partial charge in [0.25, 0.3) is 5.91 Å². The maximum absolute atomic E-state index is 12.3. The van der Waals surface area contributed by atoms with Crippen molar-refractivity contribution in [3.8, 4) is 5.75 Å².